The van der Waals surface area contributed by atoms with Gasteiger partial charge in [-0.2, -0.15) is 0 Å². The van der Waals surface area contributed by atoms with Crippen LogP contribution in [0, 0.1) is 0 Å². The second kappa shape index (κ2) is 5.78. The van der Waals surface area contributed by atoms with E-state index in [1.54, 1.807) is 18.9 Å². The van der Waals surface area contributed by atoms with Crippen LogP contribution in [0.15, 0.2) is 60.0 Å². The number of benzene rings is 2. The molecule has 0 aliphatic heterocycles. The van der Waals surface area contributed by atoms with E-state index in [0.29, 0.717) is 0 Å². The van der Waals surface area contributed by atoms with Gasteiger partial charge in [0.2, 0.25) is 0 Å². The summed E-state index contributed by atoms with van der Waals surface area (Å²) >= 11 is 1.74. The summed E-state index contributed by atoms with van der Waals surface area (Å²) in [7, 11) is 1.67. The molecule has 0 atom stereocenters. The Hall–Kier alpha value is -1.67. The first-order valence-corrected chi connectivity index (χ1v) is 6.95. The van der Waals surface area contributed by atoms with Gasteiger partial charge in [0.05, 0.1) is 7.11 Å². The zero-order valence-electron chi connectivity index (χ0n) is 10.6. The number of ether oxygens (including phenoxy) is 1. The third kappa shape index (κ3) is 2.77. The Morgan fingerprint density at radius 3 is 1.89 bits per heavy atom. The summed E-state index contributed by atoms with van der Waals surface area (Å²) in [6, 6.07) is 16.4. The van der Waals surface area contributed by atoms with Crippen LogP contribution in [-0.4, -0.2) is 13.4 Å². The van der Waals surface area contributed by atoms with Crippen LogP contribution in [0.4, 0.5) is 0 Å². The van der Waals surface area contributed by atoms with Gasteiger partial charge in [-0.1, -0.05) is 30.8 Å². The van der Waals surface area contributed by atoms with Gasteiger partial charge in [-0.3, -0.25) is 0 Å². The first kappa shape index (κ1) is 12.8. The molecule has 0 spiro atoms. The van der Waals surface area contributed by atoms with Crippen molar-refractivity contribution < 1.29 is 4.74 Å². The maximum Gasteiger partial charge on any atom is 0.118 e. The normalized spacial score (nSPS) is 10.1. The monoisotopic (exact) mass is 256 g/mol. The van der Waals surface area contributed by atoms with Crippen molar-refractivity contribution in [1.82, 2.24) is 0 Å². The van der Waals surface area contributed by atoms with E-state index in [-0.39, 0.29) is 0 Å². The summed E-state index contributed by atoms with van der Waals surface area (Å²) in [6.07, 6.45) is 2.08. The molecule has 0 radical (unpaired) electrons. The van der Waals surface area contributed by atoms with Gasteiger partial charge < -0.3 is 4.74 Å². The third-order valence-electron chi connectivity index (χ3n) is 2.88. The molecule has 2 aromatic carbocycles. The number of thioether (sulfide) groups is 1. The fourth-order valence-corrected chi connectivity index (χ4v) is 2.16. The van der Waals surface area contributed by atoms with Gasteiger partial charge in [0.25, 0.3) is 0 Å². The van der Waals surface area contributed by atoms with Crippen LogP contribution in [0.2, 0.25) is 0 Å². The smallest absolute Gasteiger partial charge is 0.118 e. The first-order valence-electron chi connectivity index (χ1n) is 5.72. The molecular formula is C16H16OS. The zero-order valence-corrected chi connectivity index (χ0v) is 11.5. The highest BCUT2D eigenvalue weighted by Gasteiger charge is 2.02. The predicted molar refractivity (Wildman–Crippen MR) is 79.4 cm³/mol. The van der Waals surface area contributed by atoms with Gasteiger partial charge in [0.1, 0.15) is 5.75 Å². The van der Waals surface area contributed by atoms with Crippen molar-refractivity contribution in [2.45, 2.75) is 4.90 Å². The van der Waals surface area contributed by atoms with Crippen molar-refractivity contribution in [3.63, 3.8) is 0 Å². The minimum atomic E-state index is 0.865. The molecule has 0 N–H and O–H groups in total. The molecule has 2 aromatic rings. The van der Waals surface area contributed by atoms with Crippen LogP contribution in [0.1, 0.15) is 11.1 Å². The average molecular weight is 256 g/mol. The SMILES string of the molecule is C=C(c1ccc(OC)cc1)c1ccc(SC)cc1. The van der Waals surface area contributed by atoms with Crippen LogP contribution in [-0.2, 0) is 0 Å². The van der Waals surface area contributed by atoms with Gasteiger partial charge in [-0.25, -0.2) is 0 Å². The third-order valence-corrected chi connectivity index (χ3v) is 3.62. The summed E-state index contributed by atoms with van der Waals surface area (Å²) in [4.78, 5) is 1.27. The highest BCUT2D eigenvalue weighted by molar-refractivity contribution is 7.98. The van der Waals surface area contributed by atoms with E-state index in [9.17, 15) is 0 Å². The molecule has 0 fully saturated rings. The average Bonchev–Trinajstić information content (AvgIpc) is 2.47. The topological polar surface area (TPSA) is 9.23 Å². The molecule has 0 unspecified atom stereocenters. The fourth-order valence-electron chi connectivity index (χ4n) is 1.75. The van der Waals surface area contributed by atoms with Gasteiger partial charge in [-0.15, -0.1) is 11.8 Å². The van der Waals surface area contributed by atoms with Gasteiger partial charge in [-0.05, 0) is 47.2 Å². The minimum absolute atomic E-state index is 0.865. The van der Waals surface area contributed by atoms with Crippen molar-refractivity contribution >= 4 is 17.3 Å². The highest BCUT2D eigenvalue weighted by atomic mass is 32.2. The molecule has 0 amide bonds. The largest absolute Gasteiger partial charge is 0.497 e. The predicted octanol–water partition coefficient (Wildman–Crippen LogP) is 4.48. The Balaban J connectivity index is 2.23. The van der Waals surface area contributed by atoms with E-state index in [1.165, 1.54) is 4.90 Å². The Morgan fingerprint density at radius 1 is 0.944 bits per heavy atom. The lowest BCUT2D eigenvalue weighted by atomic mass is 10.00. The number of hydrogen-bond acceptors (Lipinski definition) is 2. The Morgan fingerprint density at radius 2 is 1.44 bits per heavy atom. The maximum absolute atomic E-state index is 5.15. The molecule has 2 heteroatoms. The molecule has 0 saturated heterocycles. The first-order chi connectivity index (χ1) is 8.74. The van der Waals surface area contributed by atoms with Gasteiger partial charge >= 0.3 is 0 Å². The van der Waals surface area contributed by atoms with Gasteiger partial charge in [0.15, 0.2) is 0 Å². The Kier molecular flexibility index (Phi) is 4.11. The van der Waals surface area contributed by atoms with Crippen LogP contribution in [0.5, 0.6) is 5.75 Å². The molecule has 18 heavy (non-hydrogen) atoms. The second-order valence-electron chi connectivity index (χ2n) is 3.94. The summed E-state index contributed by atoms with van der Waals surface area (Å²) in [5, 5.41) is 0. The quantitative estimate of drug-likeness (QED) is 0.746. The molecular weight excluding hydrogens is 240 g/mol. The molecule has 92 valence electrons. The Labute approximate surface area is 112 Å². The van der Waals surface area contributed by atoms with E-state index < -0.39 is 0 Å². The van der Waals surface area contributed by atoms with Crippen LogP contribution in [0.3, 0.4) is 0 Å². The number of hydrogen-bond donors (Lipinski definition) is 0. The van der Waals surface area contributed by atoms with Crippen molar-refractivity contribution in [2.75, 3.05) is 13.4 Å². The van der Waals surface area contributed by atoms with Crippen LogP contribution >= 0.6 is 11.8 Å². The second-order valence-corrected chi connectivity index (χ2v) is 4.82. The minimum Gasteiger partial charge on any atom is -0.497 e. The van der Waals surface area contributed by atoms with Crippen molar-refractivity contribution in [3.8, 4) is 5.75 Å². The van der Waals surface area contributed by atoms with E-state index in [0.717, 1.165) is 22.4 Å². The van der Waals surface area contributed by atoms with Crippen molar-refractivity contribution in [1.29, 1.82) is 0 Å². The fraction of sp³-hybridized carbons (Fsp3) is 0.125. The summed E-state index contributed by atoms with van der Waals surface area (Å²) in [5.41, 5.74) is 3.30. The van der Waals surface area contributed by atoms with E-state index in [1.807, 2.05) is 24.3 Å². The van der Waals surface area contributed by atoms with Crippen LogP contribution in [0.25, 0.3) is 5.57 Å². The molecule has 0 aliphatic rings. The van der Waals surface area contributed by atoms with Crippen molar-refractivity contribution in [2.24, 2.45) is 0 Å². The standard InChI is InChI=1S/C16H16OS/c1-12(13-4-8-15(17-2)9-5-13)14-6-10-16(18-3)11-7-14/h4-11H,1H2,2-3H3. The number of rotatable bonds is 4. The lowest BCUT2D eigenvalue weighted by Crippen LogP contribution is -1.87. The van der Waals surface area contributed by atoms with E-state index >= 15 is 0 Å². The molecule has 1 nitrogen and oxygen atoms in total. The summed E-state index contributed by atoms with van der Waals surface area (Å²) in [5.74, 6) is 0.865. The highest BCUT2D eigenvalue weighted by Crippen LogP contribution is 2.25. The Bertz CT molecular complexity index is 477. The van der Waals surface area contributed by atoms with Crippen LogP contribution < -0.4 is 4.74 Å². The van der Waals surface area contributed by atoms with E-state index in [4.69, 9.17) is 4.74 Å². The van der Waals surface area contributed by atoms with E-state index in [2.05, 4.69) is 37.1 Å². The zero-order chi connectivity index (χ0) is 13.0. The molecule has 0 aromatic heterocycles. The molecule has 0 bridgehead atoms. The van der Waals surface area contributed by atoms with Gasteiger partial charge in [0, 0.05) is 4.90 Å². The summed E-state index contributed by atoms with van der Waals surface area (Å²) in [6.45, 7) is 4.16. The summed E-state index contributed by atoms with van der Waals surface area (Å²) < 4.78 is 5.15. The lowest BCUT2D eigenvalue weighted by Gasteiger charge is -2.08. The maximum atomic E-state index is 5.15. The molecule has 0 aliphatic carbocycles. The van der Waals surface area contributed by atoms with Crippen molar-refractivity contribution in [3.05, 3.63) is 66.2 Å². The number of methoxy groups -OCH3 is 1. The molecule has 2 rings (SSSR count). The molecule has 0 heterocycles. The molecule has 0 saturated carbocycles. The lowest BCUT2D eigenvalue weighted by molar-refractivity contribution is 0.415.